The molecule has 5 nitrogen and oxygen atoms in total. The third kappa shape index (κ3) is 3.65. The number of amides is 2. The maximum absolute atomic E-state index is 12.1. The first-order valence-electron chi connectivity index (χ1n) is 6.21. The molecule has 0 atom stereocenters. The molecule has 20 heavy (non-hydrogen) atoms. The fourth-order valence-electron chi connectivity index (χ4n) is 1.74. The molecule has 0 spiro atoms. The Morgan fingerprint density at radius 1 is 1.10 bits per heavy atom. The predicted molar refractivity (Wildman–Crippen MR) is 76.2 cm³/mol. The second kappa shape index (κ2) is 6.47. The van der Waals surface area contributed by atoms with Crippen LogP contribution in [0, 0.1) is 0 Å². The van der Waals surface area contributed by atoms with E-state index in [9.17, 15) is 9.59 Å². The Labute approximate surface area is 117 Å². The van der Waals surface area contributed by atoms with E-state index in [1.165, 1.54) is 13.1 Å². The number of carbonyl (C=O) groups excluding carboxylic acids is 2. The molecule has 102 valence electrons. The van der Waals surface area contributed by atoms with Gasteiger partial charge in [-0.05, 0) is 17.7 Å². The largest absolute Gasteiger partial charge is 0.347 e. The number of hydrogen-bond acceptors (Lipinski definition) is 3. The van der Waals surface area contributed by atoms with Crippen molar-refractivity contribution in [3.05, 3.63) is 59.9 Å². The van der Waals surface area contributed by atoms with Crippen molar-refractivity contribution in [2.45, 2.75) is 13.5 Å². The molecule has 2 N–H and O–H groups in total. The minimum absolute atomic E-state index is 0.207. The number of carbonyl (C=O) groups is 2. The molecule has 5 heteroatoms. The van der Waals surface area contributed by atoms with Crippen molar-refractivity contribution in [2.75, 3.05) is 5.32 Å². The summed E-state index contributed by atoms with van der Waals surface area (Å²) in [5.41, 5.74) is 1.61. The van der Waals surface area contributed by atoms with E-state index in [1.54, 1.807) is 12.1 Å². The SMILES string of the molecule is CC(=O)Nc1cccnc1C(=O)NCc1ccccc1. The highest BCUT2D eigenvalue weighted by atomic mass is 16.2. The Morgan fingerprint density at radius 3 is 2.55 bits per heavy atom. The van der Waals surface area contributed by atoms with Gasteiger partial charge in [-0.2, -0.15) is 0 Å². The molecule has 0 aliphatic rings. The molecule has 0 radical (unpaired) electrons. The van der Waals surface area contributed by atoms with Gasteiger partial charge < -0.3 is 10.6 Å². The summed E-state index contributed by atoms with van der Waals surface area (Å²) in [4.78, 5) is 27.2. The van der Waals surface area contributed by atoms with Gasteiger partial charge in [-0.1, -0.05) is 30.3 Å². The number of anilines is 1. The number of benzene rings is 1. The van der Waals surface area contributed by atoms with Crippen molar-refractivity contribution < 1.29 is 9.59 Å². The monoisotopic (exact) mass is 269 g/mol. The van der Waals surface area contributed by atoms with E-state index < -0.39 is 0 Å². The predicted octanol–water partition coefficient (Wildman–Crippen LogP) is 1.97. The molecule has 0 fully saturated rings. The normalized spacial score (nSPS) is 9.85. The summed E-state index contributed by atoms with van der Waals surface area (Å²) in [6.45, 7) is 1.80. The van der Waals surface area contributed by atoms with Crippen LogP contribution in [-0.4, -0.2) is 16.8 Å². The van der Waals surface area contributed by atoms with Crippen LogP contribution in [0.4, 0.5) is 5.69 Å². The summed E-state index contributed by atoms with van der Waals surface area (Å²) in [6.07, 6.45) is 1.52. The van der Waals surface area contributed by atoms with E-state index in [0.717, 1.165) is 5.56 Å². The molecule has 0 saturated heterocycles. The molecule has 2 aromatic rings. The average molecular weight is 269 g/mol. The maximum atomic E-state index is 12.1. The molecule has 2 rings (SSSR count). The smallest absolute Gasteiger partial charge is 0.272 e. The van der Waals surface area contributed by atoms with Crippen LogP contribution in [0.3, 0.4) is 0 Å². The van der Waals surface area contributed by atoms with Crippen LogP contribution in [0.5, 0.6) is 0 Å². The topological polar surface area (TPSA) is 71.1 Å². The summed E-state index contributed by atoms with van der Waals surface area (Å²) in [7, 11) is 0. The number of hydrogen-bond donors (Lipinski definition) is 2. The van der Waals surface area contributed by atoms with Crippen molar-refractivity contribution >= 4 is 17.5 Å². The first-order valence-corrected chi connectivity index (χ1v) is 6.21. The summed E-state index contributed by atoms with van der Waals surface area (Å²) in [5, 5.41) is 5.37. The van der Waals surface area contributed by atoms with Crippen LogP contribution >= 0.6 is 0 Å². The number of nitrogens with one attached hydrogen (secondary N) is 2. The fourth-order valence-corrected chi connectivity index (χ4v) is 1.74. The Bertz CT molecular complexity index is 612. The van der Waals surface area contributed by atoms with Gasteiger partial charge in [-0.25, -0.2) is 4.98 Å². The van der Waals surface area contributed by atoms with Crippen LogP contribution in [0.1, 0.15) is 23.0 Å². The molecule has 1 aromatic carbocycles. The molecule has 2 amide bonds. The van der Waals surface area contributed by atoms with Crippen LogP contribution in [0.25, 0.3) is 0 Å². The fraction of sp³-hybridized carbons (Fsp3) is 0.133. The first-order chi connectivity index (χ1) is 9.66. The van der Waals surface area contributed by atoms with Crippen molar-refractivity contribution in [2.24, 2.45) is 0 Å². The molecular formula is C15H15N3O2. The number of aromatic nitrogens is 1. The molecule has 0 aliphatic carbocycles. The molecule has 1 aromatic heterocycles. The van der Waals surface area contributed by atoms with Crippen molar-refractivity contribution in [1.29, 1.82) is 0 Å². The zero-order chi connectivity index (χ0) is 14.4. The molecule has 0 unspecified atom stereocenters. The van der Waals surface area contributed by atoms with Gasteiger partial charge in [0.25, 0.3) is 5.91 Å². The van der Waals surface area contributed by atoms with E-state index >= 15 is 0 Å². The van der Waals surface area contributed by atoms with Gasteiger partial charge in [0, 0.05) is 19.7 Å². The van der Waals surface area contributed by atoms with Crippen molar-refractivity contribution in [3.8, 4) is 0 Å². The third-order valence-corrected chi connectivity index (χ3v) is 2.63. The molecule has 1 heterocycles. The highest BCUT2D eigenvalue weighted by Crippen LogP contribution is 2.12. The lowest BCUT2D eigenvalue weighted by Gasteiger charge is -2.09. The summed E-state index contributed by atoms with van der Waals surface area (Å²) >= 11 is 0. The van der Waals surface area contributed by atoms with Crippen molar-refractivity contribution in [1.82, 2.24) is 10.3 Å². The van der Waals surface area contributed by atoms with Gasteiger partial charge >= 0.3 is 0 Å². The summed E-state index contributed by atoms with van der Waals surface area (Å²) in [5.74, 6) is -0.562. The molecule has 0 saturated carbocycles. The first kappa shape index (κ1) is 13.7. The van der Waals surface area contributed by atoms with Gasteiger partial charge in [-0.3, -0.25) is 9.59 Å². The van der Waals surface area contributed by atoms with Gasteiger partial charge in [-0.15, -0.1) is 0 Å². The zero-order valence-electron chi connectivity index (χ0n) is 11.1. The standard InChI is InChI=1S/C15H15N3O2/c1-11(19)18-13-8-5-9-16-14(13)15(20)17-10-12-6-3-2-4-7-12/h2-9H,10H2,1H3,(H,17,20)(H,18,19). The van der Waals surface area contributed by atoms with E-state index in [2.05, 4.69) is 15.6 Å². The average Bonchev–Trinajstić information content (AvgIpc) is 2.46. The highest BCUT2D eigenvalue weighted by molar-refractivity contribution is 6.01. The Balaban J connectivity index is 2.07. The van der Waals surface area contributed by atoms with Gasteiger partial charge in [0.2, 0.25) is 5.91 Å². The second-order valence-electron chi connectivity index (χ2n) is 4.25. The number of rotatable bonds is 4. The summed E-state index contributed by atoms with van der Waals surface area (Å²) in [6, 6.07) is 12.9. The quantitative estimate of drug-likeness (QED) is 0.891. The minimum Gasteiger partial charge on any atom is -0.347 e. The zero-order valence-corrected chi connectivity index (χ0v) is 11.1. The summed E-state index contributed by atoms with van der Waals surface area (Å²) < 4.78 is 0. The van der Waals surface area contributed by atoms with Crippen molar-refractivity contribution in [3.63, 3.8) is 0 Å². The van der Waals surface area contributed by atoms with Crippen LogP contribution in [0.2, 0.25) is 0 Å². The second-order valence-corrected chi connectivity index (χ2v) is 4.25. The lowest BCUT2D eigenvalue weighted by atomic mass is 10.2. The van der Waals surface area contributed by atoms with E-state index in [0.29, 0.717) is 12.2 Å². The Hall–Kier alpha value is -2.69. The van der Waals surface area contributed by atoms with E-state index in [1.807, 2.05) is 30.3 Å². The maximum Gasteiger partial charge on any atom is 0.272 e. The molecule has 0 aliphatic heterocycles. The van der Waals surface area contributed by atoms with Crippen LogP contribution < -0.4 is 10.6 Å². The Kier molecular flexibility index (Phi) is 4.44. The van der Waals surface area contributed by atoms with Gasteiger partial charge in [0.05, 0.1) is 5.69 Å². The lowest BCUT2D eigenvalue weighted by Crippen LogP contribution is -2.25. The van der Waals surface area contributed by atoms with Gasteiger partial charge in [0.1, 0.15) is 0 Å². The number of nitrogens with zero attached hydrogens (tertiary/aromatic N) is 1. The Morgan fingerprint density at radius 2 is 1.85 bits per heavy atom. The van der Waals surface area contributed by atoms with E-state index in [4.69, 9.17) is 0 Å². The highest BCUT2D eigenvalue weighted by Gasteiger charge is 2.13. The molecule has 0 bridgehead atoms. The number of pyridine rings is 1. The van der Waals surface area contributed by atoms with Gasteiger partial charge in [0.15, 0.2) is 5.69 Å². The van der Waals surface area contributed by atoms with Crippen LogP contribution in [-0.2, 0) is 11.3 Å². The third-order valence-electron chi connectivity index (χ3n) is 2.63. The van der Waals surface area contributed by atoms with Crippen LogP contribution in [0.15, 0.2) is 48.7 Å². The minimum atomic E-state index is -0.321. The van der Waals surface area contributed by atoms with E-state index in [-0.39, 0.29) is 17.5 Å². The lowest BCUT2D eigenvalue weighted by molar-refractivity contribution is -0.114. The molecular weight excluding hydrogens is 254 g/mol.